The molecule has 0 atom stereocenters. The Labute approximate surface area is 202 Å². The minimum absolute atomic E-state index is 0.0146. The van der Waals surface area contributed by atoms with Crippen molar-refractivity contribution in [2.75, 3.05) is 12.1 Å². The van der Waals surface area contributed by atoms with Crippen LogP contribution in [0.5, 0.6) is 11.5 Å². The second-order valence-corrected chi connectivity index (χ2v) is 8.44. The smallest absolute Gasteiger partial charge is 0.272 e. The molecular formula is C23H15BrCl2N2O4. The summed E-state index contributed by atoms with van der Waals surface area (Å²) in [4.78, 5) is 25.9. The summed E-state index contributed by atoms with van der Waals surface area (Å²) < 4.78 is 11.3. The fraction of sp³-hybridized carbons (Fsp3) is 0.0435. The Kier molecular flexibility index (Phi) is 6.69. The third-order valence-electron chi connectivity index (χ3n) is 4.44. The fourth-order valence-corrected chi connectivity index (χ4v) is 3.98. The molecule has 0 fully saturated rings. The van der Waals surface area contributed by atoms with Crippen LogP contribution in [0.15, 0.2) is 70.8 Å². The SMILES string of the molecule is O=C(Nc1cc(Cl)cc(Cl)c1)/C(=C\c1ccc2c(c1)OCO2)NC(=O)c1ccccc1Br. The molecule has 2 amide bonds. The molecule has 0 radical (unpaired) electrons. The summed E-state index contributed by atoms with van der Waals surface area (Å²) >= 11 is 15.4. The minimum Gasteiger partial charge on any atom is -0.454 e. The summed E-state index contributed by atoms with van der Waals surface area (Å²) in [6.07, 6.45) is 1.54. The number of hydrogen-bond acceptors (Lipinski definition) is 4. The molecule has 0 unspecified atom stereocenters. The molecule has 3 aromatic carbocycles. The first-order valence-electron chi connectivity index (χ1n) is 9.34. The highest BCUT2D eigenvalue weighted by Gasteiger charge is 2.18. The van der Waals surface area contributed by atoms with Crippen molar-refractivity contribution in [2.45, 2.75) is 0 Å². The largest absolute Gasteiger partial charge is 0.454 e. The number of carbonyl (C=O) groups excluding carboxylic acids is 2. The molecule has 6 nitrogen and oxygen atoms in total. The van der Waals surface area contributed by atoms with E-state index in [1.165, 1.54) is 6.08 Å². The van der Waals surface area contributed by atoms with Gasteiger partial charge in [-0.05, 0) is 70.0 Å². The monoisotopic (exact) mass is 532 g/mol. The maximum absolute atomic E-state index is 13.1. The first kappa shape index (κ1) is 22.2. The average molecular weight is 534 g/mol. The molecule has 0 spiro atoms. The van der Waals surface area contributed by atoms with Crippen LogP contribution in [0.2, 0.25) is 10.0 Å². The summed E-state index contributed by atoms with van der Waals surface area (Å²) in [7, 11) is 0. The quantitative estimate of drug-likeness (QED) is 0.401. The third kappa shape index (κ3) is 5.24. The van der Waals surface area contributed by atoms with Gasteiger partial charge in [0.05, 0.1) is 5.56 Å². The number of anilines is 1. The predicted molar refractivity (Wildman–Crippen MR) is 127 cm³/mol. The van der Waals surface area contributed by atoms with Crippen molar-refractivity contribution in [1.82, 2.24) is 5.32 Å². The topological polar surface area (TPSA) is 76.7 Å². The number of amides is 2. The van der Waals surface area contributed by atoms with Gasteiger partial charge in [-0.25, -0.2) is 0 Å². The summed E-state index contributed by atoms with van der Waals surface area (Å²) in [5, 5.41) is 6.12. The van der Waals surface area contributed by atoms with Gasteiger partial charge >= 0.3 is 0 Å². The van der Waals surface area contributed by atoms with Gasteiger partial charge in [0.15, 0.2) is 11.5 Å². The van der Waals surface area contributed by atoms with Crippen molar-refractivity contribution < 1.29 is 19.1 Å². The van der Waals surface area contributed by atoms with Crippen molar-refractivity contribution in [3.8, 4) is 11.5 Å². The normalized spacial score (nSPS) is 12.4. The number of nitrogens with one attached hydrogen (secondary N) is 2. The molecular weight excluding hydrogens is 519 g/mol. The van der Waals surface area contributed by atoms with Crippen LogP contribution in [0.4, 0.5) is 5.69 Å². The molecule has 2 N–H and O–H groups in total. The Bertz CT molecular complexity index is 1230. The van der Waals surface area contributed by atoms with E-state index >= 15 is 0 Å². The molecule has 1 heterocycles. The number of fused-ring (bicyclic) bond motifs is 1. The van der Waals surface area contributed by atoms with E-state index in [4.69, 9.17) is 32.7 Å². The van der Waals surface area contributed by atoms with E-state index in [2.05, 4.69) is 26.6 Å². The number of halogens is 3. The van der Waals surface area contributed by atoms with Crippen LogP contribution in [-0.2, 0) is 4.79 Å². The van der Waals surface area contributed by atoms with Gasteiger partial charge in [0.1, 0.15) is 5.70 Å². The molecule has 4 rings (SSSR count). The molecule has 0 aromatic heterocycles. The maximum atomic E-state index is 13.1. The highest BCUT2D eigenvalue weighted by atomic mass is 79.9. The van der Waals surface area contributed by atoms with Gasteiger partial charge in [0, 0.05) is 20.2 Å². The number of hydrogen-bond donors (Lipinski definition) is 2. The Hall–Kier alpha value is -3.00. The zero-order valence-electron chi connectivity index (χ0n) is 16.3. The second kappa shape index (κ2) is 9.65. The lowest BCUT2D eigenvalue weighted by molar-refractivity contribution is -0.113. The second-order valence-electron chi connectivity index (χ2n) is 6.72. The van der Waals surface area contributed by atoms with Gasteiger partial charge in [0.2, 0.25) is 6.79 Å². The molecule has 1 aliphatic heterocycles. The molecule has 162 valence electrons. The molecule has 1 aliphatic rings. The first-order chi connectivity index (χ1) is 15.4. The van der Waals surface area contributed by atoms with E-state index in [1.54, 1.807) is 60.7 Å². The van der Waals surface area contributed by atoms with Crippen molar-refractivity contribution >= 4 is 62.7 Å². The third-order valence-corrected chi connectivity index (χ3v) is 5.57. The average Bonchev–Trinajstić information content (AvgIpc) is 3.20. The van der Waals surface area contributed by atoms with Gasteiger partial charge in [0.25, 0.3) is 11.8 Å². The Morgan fingerprint density at radius 1 is 0.938 bits per heavy atom. The molecule has 0 saturated carbocycles. The van der Waals surface area contributed by atoms with Crippen LogP contribution in [-0.4, -0.2) is 18.6 Å². The van der Waals surface area contributed by atoms with Crippen molar-refractivity contribution in [1.29, 1.82) is 0 Å². The fourth-order valence-electron chi connectivity index (χ4n) is 2.99. The van der Waals surface area contributed by atoms with E-state index in [0.29, 0.717) is 42.8 Å². The van der Waals surface area contributed by atoms with Crippen LogP contribution < -0.4 is 20.1 Å². The number of carbonyl (C=O) groups is 2. The number of ether oxygens (including phenoxy) is 2. The summed E-state index contributed by atoms with van der Waals surface area (Å²) in [5.41, 5.74) is 1.42. The zero-order valence-corrected chi connectivity index (χ0v) is 19.4. The summed E-state index contributed by atoms with van der Waals surface area (Å²) in [6, 6.07) is 16.8. The van der Waals surface area contributed by atoms with Crippen LogP contribution >= 0.6 is 39.1 Å². The Balaban J connectivity index is 1.66. The predicted octanol–water partition coefficient (Wildman–Crippen LogP) is 5.89. The van der Waals surface area contributed by atoms with Gasteiger partial charge in [-0.15, -0.1) is 0 Å². The number of rotatable bonds is 5. The molecule has 0 bridgehead atoms. The zero-order chi connectivity index (χ0) is 22.7. The van der Waals surface area contributed by atoms with Crippen molar-refractivity contribution in [3.63, 3.8) is 0 Å². The highest BCUT2D eigenvalue weighted by molar-refractivity contribution is 9.10. The van der Waals surface area contributed by atoms with Crippen LogP contribution in [0.25, 0.3) is 6.08 Å². The van der Waals surface area contributed by atoms with Gasteiger partial charge in [-0.3, -0.25) is 9.59 Å². The lowest BCUT2D eigenvalue weighted by Gasteiger charge is -2.13. The summed E-state index contributed by atoms with van der Waals surface area (Å²) in [5.74, 6) is 0.154. The van der Waals surface area contributed by atoms with Crippen LogP contribution in [0, 0.1) is 0 Å². The molecule has 9 heteroatoms. The van der Waals surface area contributed by atoms with E-state index in [9.17, 15) is 9.59 Å². The molecule has 32 heavy (non-hydrogen) atoms. The number of benzene rings is 3. The van der Waals surface area contributed by atoms with Crippen LogP contribution in [0.1, 0.15) is 15.9 Å². The van der Waals surface area contributed by atoms with Crippen molar-refractivity contribution in [3.05, 3.63) is 92.0 Å². The molecule has 0 saturated heterocycles. The summed E-state index contributed by atoms with van der Waals surface area (Å²) in [6.45, 7) is 0.129. The standard InChI is InChI=1S/C23H15BrCl2N2O4/c24-18-4-2-1-3-17(18)22(29)28-19(7-13-5-6-20-21(8-13)32-12-31-20)23(30)27-16-10-14(25)9-15(26)11-16/h1-11H,12H2,(H,27,30)(H,28,29)/b19-7+. The first-order valence-corrected chi connectivity index (χ1v) is 10.9. The van der Waals surface area contributed by atoms with Crippen molar-refractivity contribution in [2.24, 2.45) is 0 Å². The van der Waals surface area contributed by atoms with Gasteiger partial charge < -0.3 is 20.1 Å². The molecule has 3 aromatic rings. The minimum atomic E-state index is -0.554. The van der Waals surface area contributed by atoms with Gasteiger partial charge in [-0.2, -0.15) is 0 Å². The maximum Gasteiger partial charge on any atom is 0.272 e. The Morgan fingerprint density at radius 2 is 1.66 bits per heavy atom. The van der Waals surface area contributed by atoms with Crippen LogP contribution in [0.3, 0.4) is 0 Å². The van der Waals surface area contributed by atoms with E-state index in [-0.39, 0.29) is 12.5 Å². The highest BCUT2D eigenvalue weighted by Crippen LogP contribution is 2.33. The van der Waals surface area contributed by atoms with Gasteiger partial charge in [-0.1, -0.05) is 41.4 Å². The Morgan fingerprint density at radius 3 is 2.41 bits per heavy atom. The van der Waals surface area contributed by atoms with E-state index in [1.807, 2.05) is 0 Å². The lowest BCUT2D eigenvalue weighted by Crippen LogP contribution is -2.31. The lowest BCUT2D eigenvalue weighted by atomic mass is 10.1. The van der Waals surface area contributed by atoms with E-state index in [0.717, 1.165) is 0 Å². The molecule has 0 aliphatic carbocycles. The van der Waals surface area contributed by atoms with E-state index < -0.39 is 11.8 Å².